The van der Waals surface area contributed by atoms with Gasteiger partial charge in [-0.1, -0.05) is 24.3 Å². The normalized spacial score (nSPS) is 10.9. The van der Waals surface area contributed by atoms with Crippen LogP contribution in [0.4, 0.5) is 5.82 Å². The predicted octanol–water partition coefficient (Wildman–Crippen LogP) is 4.35. The van der Waals surface area contributed by atoms with Crippen LogP contribution in [0.15, 0.2) is 67.3 Å². The van der Waals surface area contributed by atoms with E-state index in [1.165, 1.54) is 6.33 Å². The number of fused-ring (bicyclic) bond motifs is 1. The van der Waals surface area contributed by atoms with Gasteiger partial charge in [-0.2, -0.15) is 0 Å². The van der Waals surface area contributed by atoms with Gasteiger partial charge in [-0.25, -0.2) is 19.9 Å². The second-order valence-corrected chi connectivity index (χ2v) is 7.13. The highest BCUT2D eigenvalue weighted by molar-refractivity contribution is 6.01. The molecule has 0 aliphatic rings. The smallest absolute Gasteiger partial charge is 0.165 e. The van der Waals surface area contributed by atoms with Crippen molar-refractivity contribution in [1.82, 2.24) is 24.9 Å². The topological polar surface area (TPSA) is 112 Å². The summed E-state index contributed by atoms with van der Waals surface area (Å²) in [5, 5.41) is 0.679. The van der Waals surface area contributed by atoms with Crippen molar-refractivity contribution in [3.63, 3.8) is 0 Å². The molecule has 8 heteroatoms. The fraction of sp³-hybridized carbons (Fsp3) is 0.0833. The van der Waals surface area contributed by atoms with Gasteiger partial charge in [0.05, 0.1) is 25.3 Å². The van der Waals surface area contributed by atoms with E-state index in [1.807, 2.05) is 48.5 Å². The molecule has 0 saturated heterocycles. The zero-order chi connectivity index (χ0) is 22.1. The zero-order valence-electron chi connectivity index (χ0n) is 17.5. The van der Waals surface area contributed by atoms with E-state index < -0.39 is 0 Å². The Hall–Kier alpha value is -4.46. The Morgan fingerprint density at radius 3 is 2.19 bits per heavy atom. The Morgan fingerprint density at radius 1 is 0.812 bits per heavy atom. The number of pyridine rings is 1. The number of aromatic amines is 1. The number of nitrogen functional groups attached to an aromatic ring is 1. The number of benzene rings is 2. The van der Waals surface area contributed by atoms with Crippen LogP contribution in [0.3, 0.4) is 0 Å². The molecular formula is C24H20N6O2. The standard InChI is InChI=1S/C24H20N6O2/c1-31-17-9-16(10-18(11-17)32-2)19-12-20(30-24-21(19)22(25)28-13-29-24)14-3-5-15(6-4-14)23-26-7-8-27-23/h3-13H,1-2H3,(H,26,27)(H2,25,28,29,30). The molecule has 5 aromatic rings. The Labute approximate surface area is 184 Å². The number of H-pyrrole nitrogens is 1. The van der Waals surface area contributed by atoms with E-state index in [4.69, 9.17) is 20.2 Å². The molecule has 0 spiro atoms. The fourth-order valence-corrected chi connectivity index (χ4v) is 3.65. The summed E-state index contributed by atoms with van der Waals surface area (Å²) in [7, 11) is 3.24. The molecule has 0 saturated carbocycles. The van der Waals surface area contributed by atoms with Crippen molar-refractivity contribution in [2.45, 2.75) is 0 Å². The van der Waals surface area contributed by atoms with E-state index in [-0.39, 0.29) is 0 Å². The second kappa shape index (κ2) is 7.99. The van der Waals surface area contributed by atoms with Crippen LogP contribution in [-0.2, 0) is 0 Å². The summed E-state index contributed by atoms with van der Waals surface area (Å²) in [5.41, 5.74) is 11.1. The summed E-state index contributed by atoms with van der Waals surface area (Å²) in [6, 6.07) is 15.7. The number of aromatic nitrogens is 5. The Morgan fingerprint density at radius 2 is 1.53 bits per heavy atom. The van der Waals surface area contributed by atoms with Crippen LogP contribution in [0.5, 0.6) is 11.5 Å². The highest BCUT2D eigenvalue weighted by atomic mass is 16.5. The van der Waals surface area contributed by atoms with E-state index in [2.05, 4.69) is 19.9 Å². The third-order valence-electron chi connectivity index (χ3n) is 5.25. The molecule has 8 nitrogen and oxygen atoms in total. The molecule has 0 aliphatic carbocycles. The van der Waals surface area contributed by atoms with Gasteiger partial charge in [0.15, 0.2) is 5.65 Å². The molecule has 32 heavy (non-hydrogen) atoms. The lowest BCUT2D eigenvalue weighted by molar-refractivity contribution is 0.394. The number of imidazole rings is 1. The molecule has 0 aliphatic heterocycles. The molecule has 3 heterocycles. The summed E-state index contributed by atoms with van der Waals surface area (Å²) >= 11 is 0. The van der Waals surface area contributed by atoms with Crippen LogP contribution in [0.1, 0.15) is 0 Å². The first-order valence-corrected chi connectivity index (χ1v) is 9.91. The number of nitrogens with one attached hydrogen (secondary N) is 1. The Kier molecular flexibility index (Phi) is 4.87. The molecule has 0 amide bonds. The molecule has 2 aromatic carbocycles. The number of hydrogen-bond donors (Lipinski definition) is 2. The van der Waals surface area contributed by atoms with E-state index in [0.29, 0.717) is 28.4 Å². The first-order chi connectivity index (χ1) is 15.7. The molecule has 0 fully saturated rings. The average molecular weight is 424 g/mol. The van der Waals surface area contributed by atoms with Crippen molar-refractivity contribution in [2.75, 3.05) is 20.0 Å². The van der Waals surface area contributed by atoms with Crippen LogP contribution in [0, 0.1) is 0 Å². The van der Waals surface area contributed by atoms with Crippen LogP contribution >= 0.6 is 0 Å². The maximum Gasteiger partial charge on any atom is 0.165 e. The lowest BCUT2D eigenvalue weighted by atomic mass is 9.99. The quantitative estimate of drug-likeness (QED) is 0.431. The Balaban J connectivity index is 1.70. The van der Waals surface area contributed by atoms with Crippen LogP contribution in [-0.4, -0.2) is 39.1 Å². The molecule has 158 valence electrons. The van der Waals surface area contributed by atoms with Gasteiger partial charge in [0.2, 0.25) is 0 Å². The summed E-state index contributed by atoms with van der Waals surface area (Å²) < 4.78 is 10.9. The molecular weight excluding hydrogens is 404 g/mol. The van der Waals surface area contributed by atoms with Crippen molar-refractivity contribution in [1.29, 1.82) is 0 Å². The van der Waals surface area contributed by atoms with E-state index in [9.17, 15) is 0 Å². The largest absolute Gasteiger partial charge is 0.497 e. The van der Waals surface area contributed by atoms with Gasteiger partial charge in [-0.15, -0.1) is 0 Å². The number of nitrogens with zero attached hydrogens (tertiary/aromatic N) is 4. The summed E-state index contributed by atoms with van der Waals surface area (Å²) in [5.74, 6) is 2.51. The molecule has 5 rings (SSSR count). The van der Waals surface area contributed by atoms with Gasteiger partial charge >= 0.3 is 0 Å². The molecule has 0 unspecified atom stereocenters. The minimum Gasteiger partial charge on any atom is -0.497 e. The zero-order valence-corrected chi connectivity index (χ0v) is 17.5. The number of hydrogen-bond acceptors (Lipinski definition) is 7. The van der Waals surface area contributed by atoms with Crippen LogP contribution < -0.4 is 15.2 Å². The van der Waals surface area contributed by atoms with Crippen LogP contribution in [0.2, 0.25) is 0 Å². The van der Waals surface area contributed by atoms with Gasteiger partial charge in [-0.3, -0.25) is 0 Å². The second-order valence-electron chi connectivity index (χ2n) is 7.13. The fourth-order valence-electron chi connectivity index (χ4n) is 3.65. The monoisotopic (exact) mass is 424 g/mol. The lowest BCUT2D eigenvalue weighted by Crippen LogP contribution is -1.99. The summed E-state index contributed by atoms with van der Waals surface area (Å²) in [6.45, 7) is 0. The molecule has 3 N–H and O–H groups in total. The third-order valence-corrected chi connectivity index (χ3v) is 5.25. The SMILES string of the molecule is COc1cc(OC)cc(-c2cc(-c3ccc(-c4ncc[nH]4)cc3)nc3ncnc(N)c23)c1. The van der Waals surface area contributed by atoms with E-state index in [1.54, 1.807) is 26.6 Å². The highest BCUT2D eigenvalue weighted by Gasteiger charge is 2.15. The van der Waals surface area contributed by atoms with E-state index >= 15 is 0 Å². The number of nitrogens with two attached hydrogens (primary N) is 1. The first-order valence-electron chi connectivity index (χ1n) is 9.91. The lowest BCUT2D eigenvalue weighted by Gasteiger charge is -2.13. The van der Waals surface area contributed by atoms with Crippen molar-refractivity contribution >= 4 is 16.9 Å². The summed E-state index contributed by atoms with van der Waals surface area (Å²) in [6.07, 6.45) is 4.95. The third kappa shape index (κ3) is 3.47. The average Bonchev–Trinajstić information content (AvgIpc) is 3.38. The van der Waals surface area contributed by atoms with Crippen molar-refractivity contribution in [3.8, 4) is 45.3 Å². The number of ether oxygens (including phenoxy) is 2. The van der Waals surface area contributed by atoms with E-state index in [0.717, 1.165) is 33.8 Å². The van der Waals surface area contributed by atoms with Crippen LogP contribution in [0.25, 0.3) is 44.8 Å². The van der Waals surface area contributed by atoms with Crippen molar-refractivity contribution in [3.05, 3.63) is 67.3 Å². The van der Waals surface area contributed by atoms with Gasteiger partial charge < -0.3 is 20.2 Å². The first kappa shape index (κ1) is 19.5. The number of methoxy groups -OCH3 is 2. The van der Waals surface area contributed by atoms with Gasteiger partial charge in [-0.05, 0) is 29.3 Å². The van der Waals surface area contributed by atoms with Crippen molar-refractivity contribution < 1.29 is 9.47 Å². The molecule has 0 bridgehead atoms. The van der Waals surface area contributed by atoms with Gasteiger partial charge in [0.1, 0.15) is 29.5 Å². The highest BCUT2D eigenvalue weighted by Crippen LogP contribution is 2.37. The maximum absolute atomic E-state index is 6.23. The van der Waals surface area contributed by atoms with Crippen molar-refractivity contribution in [2.24, 2.45) is 0 Å². The molecule has 0 radical (unpaired) electrons. The van der Waals surface area contributed by atoms with Gasteiger partial charge in [0.25, 0.3) is 0 Å². The number of anilines is 1. The van der Waals surface area contributed by atoms with Gasteiger partial charge in [0, 0.05) is 29.6 Å². The Bertz CT molecular complexity index is 1380. The number of rotatable bonds is 5. The minimum absolute atomic E-state index is 0.360. The molecule has 0 atom stereocenters. The predicted molar refractivity (Wildman–Crippen MR) is 123 cm³/mol. The minimum atomic E-state index is 0.360. The summed E-state index contributed by atoms with van der Waals surface area (Å²) in [4.78, 5) is 20.7. The molecule has 3 aromatic heterocycles. The maximum atomic E-state index is 6.23.